The van der Waals surface area contributed by atoms with Crippen LogP contribution in [0.25, 0.3) is 0 Å². The summed E-state index contributed by atoms with van der Waals surface area (Å²) in [6.45, 7) is 4.32. The van der Waals surface area contributed by atoms with Gasteiger partial charge in [-0.25, -0.2) is 4.39 Å². The third-order valence-corrected chi connectivity index (χ3v) is 3.94. The second-order valence-corrected chi connectivity index (χ2v) is 5.15. The highest BCUT2D eigenvalue weighted by Gasteiger charge is 2.24. The molecule has 1 saturated heterocycles. The monoisotopic (exact) mass is 234 g/mol. The molecule has 0 saturated carbocycles. The van der Waals surface area contributed by atoms with Gasteiger partial charge in [0.25, 0.3) is 0 Å². The van der Waals surface area contributed by atoms with Gasteiger partial charge >= 0.3 is 0 Å². The van der Waals surface area contributed by atoms with E-state index in [4.69, 9.17) is 0 Å². The van der Waals surface area contributed by atoms with Crippen LogP contribution in [-0.2, 0) is 6.42 Å². The van der Waals surface area contributed by atoms with Gasteiger partial charge in [-0.05, 0) is 50.4 Å². The molecule has 17 heavy (non-hydrogen) atoms. The number of hydrogen-bond donors (Lipinski definition) is 1. The molecule has 0 amide bonds. The lowest BCUT2D eigenvalue weighted by Gasteiger charge is -2.29. The summed E-state index contributed by atoms with van der Waals surface area (Å²) in [5.74, 6) is 0.685. The minimum absolute atomic E-state index is 0.0354. The second-order valence-electron chi connectivity index (χ2n) is 5.15. The summed E-state index contributed by atoms with van der Waals surface area (Å²) >= 11 is 0. The summed E-state index contributed by atoms with van der Waals surface area (Å²) in [7, 11) is 0. The maximum Gasteiger partial charge on any atom is 0.128 e. The van der Waals surface area contributed by atoms with Gasteiger partial charge in [0.2, 0.25) is 0 Å². The molecule has 1 fully saturated rings. The third-order valence-electron chi connectivity index (χ3n) is 3.94. The first-order chi connectivity index (χ1) is 8.34. The van der Waals surface area contributed by atoms with Gasteiger partial charge in [0.15, 0.2) is 0 Å². The fourth-order valence-corrected chi connectivity index (χ4v) is 3.04. The van der Waals surface area contributed by atoms with E-state index >= 15 is 0 Å². The lowest BCUT2D eigenvalue weighted by atomic mass is 9.99. The molecule has 2 heterocycles. The average Bonchev–Trinajstić information content (AvgIpc) is 2.76. The summed E-state index contributed by atoms with van der Waals surface area (Å²) < 4.78 is 13.6. The minimum atomic E-state index is -0.0354. The lowest BCUT2D eigenvalue weighted by molar-refractivity contribution is 0.378. The molecule has 2 nitrogen and oxygen atoms in total. The Bertz CT molecular complexity index is 399. The molecular formula is C14H19FN2. The molecule has 0 spiro atoms. The number of anilines is 1. The third kappa shape index (κ3) is 2.16. The highest BCUT2D eigenvalue weighted by molar-refractivity contribution is 5.58. The minimum Gasteiger partial charge on any atom is -0.371 e. The fraction of sp³-hybridized carbons (Fsp3) is 0.571. The van der Waals surface area contributed by atoms with Crippen LogP contribution in [-0.4, -0.2) is 26.2 Å². The summed E-state index contributed by atoms with van der Waals surface area (Å²) in [6.07, 6.45) is 3.44. The molecule has 1 aromatic carbocycles. The Hall–Kier alpha value is -1.09. The number of halogens is 1. The normalized spacial score (nSPS) is 23.8. The number of nitrogens with one attached hydrogen (secondary N) is 1. The molecule has 0 bridgehead atoms. The van der Waals surface area contributed by atoms with Gasteiger partial charge in [-0.3, -0.25) is 0 Å². The van der Waals surface area contributed by atoms with Crippen LogP contribution in [0, 0.1) is 11.7 Å². The van der Waals surface area contributed by atoms with Crippen molar-refractivity contribution in [1.82, 2.24) is 5.32 Å². The molecule has 0 aliphatic carbocycles. The van der Waals surface area contributed by atoms with Gasteiger partial charge in [-0.1, -0.05) is 6.07 Å². The van der Waals surface area contributed by atoms with Crippen LogP contribution in [0.3, 0.4) is 0 Å². The summed E-state index contributed by atoms with van der Waals surface area (Å²) in [4.78, 5) is 2.36. The number of rotatable bonds is 2. The molecule has 2 aliphatic heterocycles. The molecule has 0 aromatic heterocycles. The van der Waals surface area contributed by atoms with Gasteiger partial charge in [-0.15, -0.1) is 0 Å². The number of nitrogens with zero attached hydrogens (tertiary/aromatic N) is 1. The zero-order chi connectivity index (χ0) is 11.7. The Labute approximate surface area is 102 Å². The van der Waals surface area contributed by atoms with Gasteiger partial charge in [0.05, 0.1) is 0 Å². The molecule has 0 radical (unpaired) electrons. The van der Waals surface area contributed by atoms with Crippen molar-refractivity contribution < 1.29 is 4.39 Å². The largest absolute Gasteiger partial charge is 0.371 e. The molecule has 1 aromatic rings. The van der Waals surface area contributed by atoms with Crippen LogP contribution in [0.2, 0.25) is 0 Å². The summed E-state index contributed by atoms with van der Waals surface area (Å²) in [5.41, 5.74) is 2.03. The summed E-state index contributed by atoms with van der Waals surface area (Å²) in [5, 5.41) is 3.44. The predicted molar refractivity (Wildman–Crippen MR) is 67.9 cm³/mol. The van der Waals surface area contributed by atoms with E-state index in [9.17, 15) is 4.39 Å². The topological polar surface area (TPSA) is 15.3 Å². The van der Waals surface area contributed by atoms with E-state index in [1.807, 2.05) is 6.07 Å². The van der Waals surface area contributed by atoms with Crippen molar-refractivity contribution in [1.29, 1.82) is 0 Å². The van der Waals surface area contributed by atoms with Crippen molar-refractivity contribution in [2.75, 3.05) is 31.1 Å². The Morgan fingerprint density at radius 3 is 3.18 bits per heavy atom. The first-order valence-electron chi connectivity index (χ1n) is 6.57. The van der Waals surface area contributed by atoms with E-state index in [0.29, 0.717) is 0 Å². The van der Waals surface area contributed by atoms with Gasteiger partial charge < -0.3 is 10.2 Å². The van der Waals surface area contributed by atoms with Crippen LogP contribution >= 0.6 is 0 Å². The van der Waals surface area contributed by atoms with E-state index < -0.39 is 0 Å². The highest BCUT2D eigenvalue weighted by Crippen LogP contribution is 2.31. The first-order valence-corrected chi connectivity index (χ1v) is 6.57. The maximum absolute atomic E-state index is 13.6. The highest BCUT2D eigenvalue weighted by atomic mass is 19.1. The van der Waals surface area contributed by atoms with Crippen molar-refractivity contribution in [2.24, 2.45) is 5.92 Å². The van der Waals surface area contributed by atoms with E-state index in [0.717, 1.165) is 49.8 Å². The predicted octanol–water partition coefficient (Wildman–Crippen LogP) is 2.19. The number of benzene rings is 1. The number of fused-ring (bicyclic) bond motifs is 1. The van der Waals surface area contributed by atoms with Gasteiger partial charge in [0, 0.05) is 24.3 Å². The van der Waals surface area contributed by atoms with Crippen LogP contribution in [0.15, 0.2) is 18.2 Å². The molecule has 1 atom stereocenters. The summed E-state index contributed by atoms with van der Waals surface area (Å²) in [6, 6.07) is 5.46. The Morgan fingerprint density at radius 1 is 1.41 bits per heavy atom. The van der Waals surface area contributed by atoms with Crippen molar-refractivity contribution in [3.63, 3.8) is 0 Å². The standard InChI is InChI=1S/C14H19FN2/c15-13-4-1-5-14-12(13)6-8-17(14)10-11-3-2-7-16-9-11/h1,4-5,11,16H,2-3,6-10H2. The smallest absolute Gasteiger partial charge is 0.128 e. The van der Waals surface area contributed by atoms with Crippen LogP contribution in [0.5, 0.6) is 0 Å². The molecule has 92 valence electrons. The molecule has 1 unspecified atom stereocenters. The van der Waals surface area contributed by atoms with Crippen molar-refractivity contribution in [2.45, 2.75) is 19.3 Å². The van der Waals surface area contributed by atoms with Crippen molar-refractivity contribution in [3.05, 3.63) is 29.6 Å². The Morgan fingerprint density at radius 2 is 2.35 bits per heavy atom. The van der Waals surface area contributed by atoms with E-state index in [2.05, 4.69) is 16.3 Å². The number of piperidine rings is 1. The maximum atomic E-state index is 13.6. The molecular weight excluding hydrogens is 215 g/mol. The van der Waals surface area contributed by atoms with Gasteiger partial charge in [0.1, 0.15) is 5.82 Å². The van der Waals surface area contributed by atoms with Crippen molar-refractivity contribution in [3.8, 4) is 0 Å². The van der Waals surface area contributed by atoms with Crippen LogP contribution in [0.4, 0.5) is 10.1 Å². The van der Waals surface area contributed by atoms with Crippen LogP contribution < -0.4 is 10.2 Å². The fourth-order valence-electron chi connectivity index (χ4n) is 3.04. The molecule has 1 N–H and O–H groups in total. The lowest BCUT2D eigenvalue weighted by Crippen LogP contribution is -2.37. The van der Waals surface area contributed by atoms with E-state index in [-0.39, 0.29) is 5.82 Å². The molecule has 2 aliphatic rings. The van der Waals surface area contributed by atoms with E-state index in [1.54, 1.807) is 6.07 Å². The van der Waals surface area contributed by atoms with Crippen LogP contribution in [0.1, 0.15) is 18.4 Å². The zero-order valence-electron chi connectivity index (χ0n) is 10.1. The Balaban J connectivity index is 1.72. The Kier molecular flexibility index (Phi) is 3.02. The number of hydrogen-bond acceptors (Lipinski definition) is 2. The quantitative estimate of drug-likeness (QED) is 0.844. The molecule has 3 rings (SSSR count). The zero-order valence-corrected chi connectivity index (χ0v) is 10.1. The SMILES string of the molecule is Fc1cccc2c1CCN2CC1CCCNC1. The average molecular weight is 234 g/mol. The first kappa shape index (κ1) is 11.0. The second kappa shape index (κ2) is 4.65. The van der Waals surface area contributed by atoms with Gasteiger partial charge in [-0.2, -0.15) is 0 Å². The van der Waals surface area contributed by atoms with E-state index in [1.165, 1.54) is 12.8 Å². The molecule has 3 heteroatoms. The van der Waals surface area contributed by atoms with Crippen molar-refractivity contribution >= 4 is 5.69 Å².